The highest BCUT2D eigenvalue weighted by atomic mass is 79.9. The van der Waals surface area contributed by atoms with Crippen LogP contribution in [0.4, 0.5) is 5.82 Å². The second-order valence-electron chi connectivity index (χ2n) is 3.88. The fourth-order valence-electron chi connectivity index (χ4n) is 1.84. The van der Waals surface area contributed by atoms with Crippen molar-refractivity contribution in [3.63, 3.8) is 0 Å². The maximum absolute atomic E-state index is 10.3. The number of ether oxygens (including phenoxy) is 2. The summed E-state index contributed by atoms with van der Waals surface area (Å²) in [4.78, 5) is 0. The fraction of sp³-hybridized carbons (Fsp3) is 0.250. The van der Waals surface area contributed by atoms with Gasteiger partial charge in [-0.3, -0.25) is 4.68 Å². The number of anilines is 1. The van der Waals surface area contributed by atoms with E-state index in [1.807, 2.05) is 0 Å². The number of nitrogens with zero attached hydrogens (tertiary/aromatic N) is 2. The lowest BCUT2D eigenvalue weighted by molar-refractivity contribution is 0.333. The van der Waals surface area contributed by atoms with Crippen LogP contribution in [0, 0.1) is 0 Å². The largest absolute Gasteiger partial charge is 0.504 e. The Morgan fingerprint density at radius 1 is 1.37 bits per heavy atom. The van der Waals surface area contributed by atoms with Crippen LogP contribution in [0.5, 0.6) is 17.2 Å². The van der Waals surface area contributed by atoms with E-state index >= 15 is 0 Å². The smallest absolute Gasteiger partial charge is 0.203 e. The number of nitrogen functional groups attached to an aromatic ring is 1. The number of benzene rings is 1. The zero-order chi connectivity index (χ0) is 14.2. The van der Waals surface area contributed by atoms with Crippen molar-refractivity contribution in [2.45, 2.75) is 0 Å². The predicted octanol–water partition coefficient (Wildman–Crippen LogP) is 2.15. The maximum atomic E-state index is 10.3. The number of hydrogen-bond donors (Lipinski definition) is 2. The summed E-state index contributed by atoms with van der Waals surface area (Å²) in [5.41, 5.74) is 7.07. The summed E-state index contributed by atoms with van der Waals surface area (Å²) in [6.07, 6.45) is 1.58. The summed E-state index contributed by atoms with van der Waals surface area (Å²) in [5.74, 6) is 1.08. The van der Waals surface area contributed by atoms with Crippen molar-refractivity contribution in [3.8, 4) is 28.4 Å². The molecule has 0 aliphatic rings. The number of aryl methyl sites for hydroxylation is 1. The van der Waals surface area contributed by atoms with E-state index in [0.29, 0.717) is 27.2 Å². The molecule has 0 amide bonds. The number of halogens is 1. The van der Waals surface area contributed by atoms with Crippen LogP contribution < -0.4 is 15.2 Å². The van der Waals surface area contributed by atoms with Crippen LogP contribution >= 0.6 is 15.9 Å². The predicted molar refractivity (Wildman–Crippen MR) is 75.5 cm³/mol. The van der Waals surface area contributed by atoms with E-state index in [0.717, 1.165) is 0 Å². The Balaban J connectivity index is 2.74. The van der Waals surface area contributed by atoms with Gasteiger partial charge < -0.3 is 20.3 Å². The molecule has 0 saturated heterocycles. The van der Waals surface area contributed by atoms with Gasteiger partial charge in [-0.1, -0.05) is 0 Å². The van der Waals surface area contributed by atoms with Gasteiger partial charge >= 0.3 is 0 Å². The van der Waals surface area contributed by atoms with E-state index in [1.165, 1.54) is 18.9 Å². The zero-order valence-corrected chi connectivity index (χ0v) is 12.4. The first-order valence-electron chi connectivity index (χ1n) is 5.42. The van der Waals surface area contributed by atoms with Crippen molar-refractivity contribution < 1.29 is 14.6 Å². The number of rotatable bonds is 3. The van der Waals surface area contributed by atoms with Crippen molar-refractivity contribution in [1.29, 1.82) is 0 Å². The SMILES string of the molecule is COc1cc(Br)c(-c2cnn(C)c2N)c(O)c1OC. The molecule has 1 heterocycles. The van der Waals surface area contributed by atoms with E-state index in [4.69, 9.17) is 15.2 Å². The minimum atomic E-state index is -0.0478. The molecule has 0 spiro atoms. The van der Waals surface area contributed by atoms with Crippen LogP contribution in [0.2, 0.25) is 0 Å². The third-order valence-corrected chi connectivity index (χ3v) is 3.48. The number of methoxy groups -OCH3 is 2. The molecule has 102 valence electrons. The minimum absolute atomic E-state index is 0.0478. The van der Waals surface area contributed by atoms with Crippen LogP contribution in [-0.2, 0) is 7.05 Å². The van der Waals surface area contributed by atoms with Crippen LogP contribution in [-0.4, -0.2) is 29.1 Å². The van der Waals surface area contributed by atoms with E-state index in [9.17, 15) is 5.11 Å². The van der Waals surface area contributed by atoms with E-state index in [2.05, 4.69) is 21.0 Å². The quantitative estimate of drug-likeness (QED) is 0.902. The summed E-state index contributed by atoms with van der Waals surface area (Å²) < 4.78 is 12.5. The average Bonchev–Trinajstić information content (AvgIpc) is 2.70. The average molecular weight is 328 g/mol. The second-order valence-corrected chi connectivity index (χ2v) is 4.74. The van der Waals surface area contributed by atoms with E-state index in [1.54, 1.807) is 19.3 Å². The number of phenolic OH excluding ortho intramolecular Hbond substituents is 1. The Kier molecular flexibility index (Phi) is 3.57. The number of nitrogens with two attached hydrogens (primary N) is 1. The van der Waals surface area contributed by atoms with Crippen molar-refractivity contribution in [2.24, 2.45) is 7.05 Å². The van der Waals surface area contributed by atoms with Crippen molar-refractivity contribution in [2.75, 3.05) is 20.0 Å². The molecule has 19 heavy (non-hydrogen) atoms. The van der Waals surface area contributed by atoms with Crippen LogP contribution in [0.1, 0.15) is 0 Å². The van der Waals surface area contributed by atoms with Crippen LogP contribution in [0.3, 0.4) is 0 Å². The first kappa shape index (κ1) is 13.5. The lowest BCUT2D eigenvalue weighted by atomic mass is 10.1. The molecule has 3 N–H and O–H groups in total. The Hall–Kier alpha value is -1.89. The molecular formula is C12H14BrN3O3. The molecule has 1 aromatic carbocycles. The first-order valence-corrected chi connectivity index (χ1v) is 6.21. The number of hydrogen-bond acceptors (Lipinski definition) is 5. The third-order valence-electron chi connectivity index (χ3n) is 2.85. The van der Waals surface area contributed by atoms with Gasteiger partial charge in [0.1, 0.15) is 5.82 Å². The molecule has 0 unspecified atom stereocenters. The summed E-state index contributed by atoms with van der Waals surface area (Å²) in [6, 6.07) is 1.71. The molecule has 0 aliphatic carbocycles. The molecule has 6 nitrogen and oxygen atoms in total. The van der Waals surface area contributed by atoms with E-state index in [-0.39, 0.29) is 11.5 Å². The van der Waals surface area contributed by atoms with Gasteiger partial charge in [0.15, 0.2) is 11.5 Å². The molecule has 0 aliphatic heterocycles. The van der Waals surface area contributed by atoms with Gasteiger partial charge in [0.25, 0.3) is 0 Å². The fourth-order valence-corrected chi connectivity index (χ4v) is 2.45. The summed E-state index contributed by atoms with van der Waals surface area (Å²) in [7, 11) is 4.69. The normalized spacial score (nSPS) is 10.5. The minimum Gasteiger partial charge on any atom is -0.504 e. The molecule has 0 fully saturated rings. The van der Waals surface area contributed by atoms with Crippen molar-refractivity contribution in [1.82, 2.24) is 9.78 Å². The molecule has 0 bridgehead atoms. The number of aromatic nitrogens is 2. The highest BCUT2D eigenvalue weighted by Gasteiger charge is 2.22. The van der Waals surface area contributed by atoms with Gasteiger partial charge in [-0.15, -0.1) is 0 Å². The van der Waals surface area contributed by atoms with Gasteiger partial charge in [0.2, 0.25) is 5.75 Å². The monoisotopic (exact) mass is 327 g/mol. The second kappa shape index (κ2) is 5.00. The maximum Gasteiger partial charge on any atom is 0.203 e. The van der Waals surface area contributed by atoms with Gasteiger partial charge in [-0.2, -0.15) is 5.10 Å². The van der Waals surface area contributed by atoms with Gasteiger partial charge in [-0.25, -0.2) is 0 Å². The summed E-state index contributed by atoms with van der Waals surface area (Å²) in [5, 5.41) is 14.4. The highest BCUT2D eigenvalue weighted by molar-refractivity contribution is 9.10. The van der Waals surface area contributed by atoms with Gasteiger partial charge in [-0.05, 0) is 22.0 Å². The van der Waals surface area contributed by atoms with Gasteiger partial charge in [0.05, 0.1) is 20.4 Å². The molecule has 2 rings (SSSR count). The molecule has 1 aromatic heterocycles. The molecule has 0 atom stereocenters. The third kappa shape index (κ3) is 2.10. The zero-order valence-electron chi connectivity index (χ0n) is 10.8. The Labute approximate surface area is 118 Å². The van der Waals surface area contributed by atoms with Crippen LogP contribution in [0.15, 0.2) is 16.7 Å². The molecule has 2 aromatic rings. The van der Waals surface area contributed by atoms with Gasteiger partial charge in [0, 0.05) is 22.6 Å². The summed E-state index contributed by atoms with van der Waals surface area (Å²) in [6.45, 7) is 0. The van der Waals surface area contributed by atoms with Crippen LogP contribution in [0.25, 0.3) is 11.1 Å². The molecule has 0 radical (unpaired) electrons. The highest BCUT2D eigenvalue weighted by Crippen LogP contribution is 2.48. The van der Waals surface area contributed by atoms with E-state index < -0.39 is 0 Å². The number of aromatic hydroxyl groups is 1. The summed E-state index contributed by atoms with van der Waals surface area (Å²) >= 11 is 3.39. The lowest BCUT2D eigenvalue weighted by Gasteiger charge is -2.14. The molecule has 7 heteroatoms. The Morgan fingerprint density at radius 3 is 2.53 bits per heavy atom. The Morgan fingerprint density at radius 2 is 2.05 bits per heavy atom. The van der Waals surface area contributed by atoms with Crippen molar-refractivity contribution >= 4 is 21.7 Å². The molecule has 0 saturated carbocycles. The topological polar surface area (TPSA) is 82.5 Å². The Bertz CT molecular complexity index is 625. The molecular weight excluding hydrogens is 314 g/mol. The van der Waals surface area contributed by atoms with Crippen molar-refractivity contribution in [3.05, 3.63) is 16.7 Å². The first-order chi connectivity index (χ1) is 9.01. The number of phenols is 1. The standard InChI is InChI=1S/C12H14BrN3O3/c1-16-12(14)6(5-15-16)9-7(13)4-8(18-2)11(19-3)10(9)17/h4-5,17H,14H2,1-3H3. The lowest BCUT2D eigenvalue weighted by Crippen LogP contribution is -1.99.